The summed E-state index contributed by atoms with van der Waals surface area (Å²) in [5.74, 6) is 0.0854. The van der Waals surface area contributed by atoms with Gasteiger partial charge < -0.3 is 10.4 Å². The number of hydrogen-bond donors (Lipinski definition) is 2. The van der Waals surface area contributed by atoms with Gasteiger partial charge in [0.1, 0.15) is 0 Å². The molecule has 5 heteroatoms. The molecule has 118 valence electrons. The highest BCUT2D eigenvalue weighted by atomic mass is 16.3. The van der Waals surface area contributed by atoms with E-state index in [2.05, 4.69) is 10.4 Å². The number of aliphatic hydroxyl groups excluding tert-OH is 1. The van der Waals surface area contributed by atoms with Crippen LogP contribution in [0.3, 0.4) is 0 Å². The van der Waals surface area contributed by atoms with Crippen molar-refractivity contribution in [3.8, 4) is 0 Å². The van der Waals surface area contributed by atoms with Gasteiger partial charge in [-0.05, 0) is 18.9 Å². The monoisotopic (exact) mass is 301 g/mol. The van der Waals surface area contributed by atoms with E-state index in [0.29, 0.717) is 13.1 Å². The second-order valence-corrected chi connectivity index (χ2v) is 6.29. The summed E-state index contributed by atoms with van der Waals surface area (Å²) < 4.78 is 1.88. The lowest BCUT2D eigenvalue weighted by atomic mass is 10.1. The number of benzene rings is 1. The molecule has 5 nitrogen and oxygen atoms in total. The van der Waals surface area contributed by atoms with Gasteiger partial charge in [0.05, 0.1) is 30.3 Å². The van der Waals surface area contributed by atoms with Gasteiger partial charge in [-0.1, -0.05) is 31.5 Å². The highest BCUT2D eigenvalue weighted by molar-refractivity contribution is 5.80. The van der Waals surface area contributed by atoms with Gasteiger partial charge in [0.15, 0.2) is 0 Å². The van der Waals surface area contributed by atoms with E-state index in [0.717, 1.165) is 30.2 Å². The van der Waals surface area contributed by atoms with Crippen molar-refractivity contribution in [2.75, 3.05) is 6.54 Å². The highest BCUT2D eigenvalue weighted by Crippen LogP contribution is 2.24. The first kappa shape index (κ1) is 15.0. The summed E-state index contributed by atoms with van der Waals surface area (Å²) in [4.78, 5) is 12.2. The number of hydrogen-bond acceptors (Lipinski definition) is 3. The molecule has 2 aromatic rings. The van der Waals surface area contributed by atoms with E-state index in [-0.39, 0.29) is 23.8 Å². The molecule has 1 aliphatic rings. The van der Waals surface area contributed by atoms with Crippen LogP contribution in [0, 0.1) is 11.8 Å². The van der Waals surface area contributed by atoms with Gasteiger partial charge in [-0.3, -0.25) is 9.48 Å². The van der Waals surface area contributed by atoms with Crippen molar-refractivity contribution in [1.29, 1.82) is 0 Å². The Labute approximate surface area is 130 Å². The second kappa shape index (κ2) is 6.48. The van der Waals surface area contributed by atoms with Crippen LogP contribution in [-0.2, 0) is 11.3 Å². The number of nitrogens with zero attached hydrogens (tertiary/aromatic N) is 2. The minimum absolute atomic E-state index is 0.0266. The molecule has 1 amide bonds. The lowest BCUT2D eigenvalue weighted by Gasteiger charge is -2.17. The number of aliphatic hydroxyl groups is 1. The maximum Gasteiger partial charge on any atom is 0.224 e. The first-order chi connectivity index (χ1) is 10.6. The maximum absolute atomic E-state index is 12.2. The quantitative estimate of drug-likeness (QED) is 0.887. The summed E-state index contributed by atoms with van der Waals surface area (Å²) in [6, 6.07) is 8.00. The molecule has 0 bridgehead atoms. The zero-order valence-electron chi connectivity index (χ0n) is 12.9. The smallest absolute Gasteiger partial charge is 0.224 e. The largest absolute Gasteiger partial charge is 0.393 e. The molecule has 1 fully saturated rings. The van der Waals surface area contributed by atoms with Crippen LogP contribution in [0.1, 0.15) is 26.2 Å². The minimum atomic E-state index is -0.259. The predicted molar refractivity (Wildman–Crippen MR) is 85.3 cm³/mol. The van der Waals surface area contributed by atoms with Crippen LogP contribution in [0.4, 0.5) is 0 Å². The van der Waals surface area contributed by atoms with E-state index in [9.17, 15) is 9.90 Å². The number of rotatable bonds is 5. The Morgan fingerprint density at radius 3 is 3.05 bits per heavy atom. The van der Waals surface area contributed by atoms with Crippen molar-refractivity contribution in [3.63, 3.8) is 0 Å². The van der Waals surface area contributed by atoms with Crippen LogP contribution in [-0.4, -0.2) is 33.4 Å². The number of amides is 1. The number of aromatic nitrogens is 2. The van der Waals surface area contributed by atoms with Gasteiger partial charge in [0.25, 0.3) is 0 Å². The molecular weight excluding hydrogens is 278 g/mol. The molecule has 1 heterocycles. The first-order valence-electron chi connectivity index (χ1n) is 8.01. The number of nitrogens with one attached hydrogen (secondary N) is 1. The summed E-state index contributed by atoms with van der Waals surface area (Å²) in [5, 5.41) is 18.2. The molecule has 3 rings (SSSR count). The molecule has 0 radical (unpaired) electrons. The van der Waals surface area contributed by atoms with E-state index < -0.39 is 0 Å². The second-order valence-electron chi connectivity index (χ2n) is 6.29. The van der Waals surface area contributed by atoms with Crippen LogP contribution < -0.4 is 5.32 Å². The summed E-state index contributed by atoms with van der Waals surface area (Å²) >= 11 is 0. The third-order valence-corrected chi connectivity index (χ3v) is 4.60. The molecule has 0 unspecified atom stereocenters. The van der Waals surface area contributed by atoms with Crippen molar-refractivity contribution in [1.82, 2.24) is 15.1 Å². The number of para-hydroxylation sites is 1. The third-order valence-electron chi connectivity index (χ3n) is 4.60. The SMILES string of the molecule is C[C@H](Cn1ncc2ccccc21)C(=O)NC[C@@H]1CCC[C@H]1O. The molecule has 0 spiro atoms. The fourth-order valence-corrected chi connectivity index (χ4v) is 3.17. The maximum atomic E-state index is 12.2. The van der Waals surface area contributed by atoms with Gasteiger partial charge in [-0.15, -0.1) is 0 Å². The average Bonchev–Trinajstić information content (AvgIpc) is 3.12. The van der Waals surface area contributed by atoms with Crippen LogP contribution in [0.5, 0.6) is 0 Å². The van der Waals surface area contributed by atoms with Gasteiger partial charge >= 0.3 is 0 Å². The number of carbonyl (C=O) groups excluding carboxylic acids is 1. The van der Waals surface area contributed by atoms with E-state index in [1.807, 2.05) is 42.1 Å². The molecule has 1 aliphatic carbocycles. The standard InChI is InChI=1S/C17H23N3O2/c1-12(17(22)18-9-14-6-4-8-16(14)21)11-20-15-7-3-2-5-13(15)10-19-20/h2-3,5,7,10,12,14,16,21H,4,6,8-9,11H2,1H3,(H,18,22)/t12-,14+,16-/m1/s1. The first-order valence-corrected chi connectivity index (χ1v) is 8.01. The van der Waals surface area contributed by atoms with Crippen LogP contribution in [0.25, 0.3) is 10.9 Å². The van der Waals surface area contributed by atoms with Crippen LogP contribution >= 0.6 is 0 Å². The van der Waals surface area contributed by atoms with E-state index in [1.54, 1.807) is 0 Å². The summed E-state index contributed by atoms with van der Waals surface area (Å²) in [6.07, 6.45) is 4.48. The van der Waals surface area contributed by atoms with Crippen molar-refractivity contribution < 1.29 is 9.90 Å². The number of carbonyl (C=O) groups is 1. The zero-order valence-corrected chi connectivity index (χ0v) is 12.9. The lowest BCUT2D eigenvalue weighted by Crippen LogP contribution is -2.37. The van der Waals surface area contributed by atoms with Gasteiger partial charge in [-0.2, -0.15) is 5.10 Å². The van der Waals surface area contributed by atoms with Crippen molar-refractivity contribution >= 4 is 16.8 Å². The van der Waals surface area contributed by atoms with Crippen molar-refractivity contribution in [3.05, 3.63) is 30.5 Å². The van der Waals surface area contributed by atoms with Gasteiger partial charge in [0.2, 0.25) is 5.91 Å². The molecule has 2 N–H and O–H groups in total. The van der Waals surface area contributed by atoms with Crippen molar-refractivity contribution in [2.45, 2.75) is 38.8 Å². The van der Waals surface area contributed by atoms with E-state index >= 15 is 0 Å². The normalized spacial score (nSPS) is 22.8. The van der Waals surface area contributed by atoms with Gasteiger partial charge in [-0.25, -0.2) is 0 Å². The third kappa shape index (κ3) is 3.14. The summed E-state index contributed by atoms with van der Waals surface area (Å²) in [6.45, 7) is 3.05. The molecular formula is C17H23N3O2. The Morgan fingerprint density at radius 1 is 1.45 bits per heavy atom. The zero-order chi connectivity index (χ0) is 15.5. The summed E-state index contributed by atoms with van der Waals surface area (Å²) in [7, 11) is 0. The fraction of sp³-hybridized carbons (Fsp3) is 0.529. The van der Waals surface area contributed by atoms with Crippen LogP contribution in [0.15, 0.2) is 30.5 Å². The molecule has 0 aliphatic heterocycles. The molecule has 1 saturated carbocycles. The molecule has 0 saturated heterocycles. The topological polar surface area (TPSA) is 67.2 Å². The van der Waals surface area contributed by atoms with E-state index in [4.69, 9.17) is 0 Å². The molecule has 1 aromatic carbocycles. The highest BCUT2D eigenvalue weighted by Gasteiger charge is 2.26. The van der Waals surface area contributed by atoms with E-state index in [1.165, 1.54) is 0 Å². The Bertz CT molecular complexity index is 652. The average molecular weight is 301 g/mol. The van der Waals surface area contributed by atoms with Crippen LogP contribution in [0.2, 0.25) is 0 Å². The Morgan fingerprint density at radius 2 is 2.27 bits per heavy atom. The lowest BCUT2D eigenvalue weighted by molar-refractivity contribution is -0.125. The summed E-state index contributed by atoms with van der Waals surface area (Å²) in [5.41, 5.74) is 1.05. The molecule has 22 heavy (non-hydrogen) atoms. The number of fused-ring (bicyclic) bond motifs is 1. The van der Waals surface area contributed by atoms with Gasteiger partial charge in [0, 0.05) is 17.8 Å². The van der Waals surface area contributed by atoms with Crippen molar-refractivity contribution in [2.24, 2.45) is 11.8 Å². The Kier molecular flexibility index (Phi) is 4.43. The minimum Gasteiger partial charge on any atom is -0.393 e. The molecule has 1 aromatic heterocycles. The molecule has 3 atom stereocenters. The Hall–Kier alpha value is -1.88. The fourth-order valence-electron chi connectivity index (χ4n) is 3.17. The Balaban J connectivity index is 1.57. The predicted octanol–water partition coefficient (Wildman–Crippen LogP) is 1.95.